The van der Waals surface area contributed by atoms with Crippen LogP contribution in [0.4, 0.5) is 0 Å². The standard InChI is InChI=1S/C15H15BrCl2N2S/c1-15(2,3)21-8-11-19-13(17)12(14(18)20-11)9-4-6-10(16)7-5-9/h4-7H,8H2,1-3H3. The Morgan fingerprint density at radius 3 is 2.05 bits per heavy atom. The Bertz CT molecular complexity index is 616. The molecular formula is C15H15BrCl2N2S. The second kappa shape index (κ2) is 6.86. The summed E-state index contributed by atoms with van der Waals surface area (Å²) in [6, 6.07) is 7.74. The zero-order valence-electron chi connectivity index (χ0n) is 12.0. The minimum absolute atomic E-state index is 0.146. The molecule has 0 aliphatic heterocycles. The first-order valence-electron chi connectivity index (χ1n) is 6.38. The van der Waals surface area contributed by atoms with Crippen LogP contribution in [0.2, 0.25) is 10.3 Å². The molecular weight excluding hydrogens is 391 g/mol. The molecule has 6 heteroatoms. The smallest absolute Gasteiger partial charge is 0.142 e. The third-order valence-corrected chi connectivity index (χ3v) is 4.98. The molecule has 0 amide bonds. The van der Waals surface area contributed by atoms with Crippen molar-refractivity contribution in [2.45, 2.75) is 31.3 Å². The Hall–Kier alpha value is -0.290. The van der Waals surface area contributed by atoms with Gasteiger partial charge in [0.2, 0.25) is 0 Å². The molecule has 1 aromatic carbocycles. The van der Waals surface area contributed by atoms with Gasteiger partial charge in [0.1, 0.15) is 16.1 Å². The van der Waals surface area contributed by atoms with Gasteiger partial charge in [0.15, 0.2) is 0 Å². The third-order valence-electron chi connectivity index (χ3n) is 2.63. The molecule has 0 saturated carbocycles. The van der Waals surface area contributed by atoms with E-state index in [1.807, 2.05) is 24.3 Å². The van der Waals surface area contributed by atoms with Crippen LogP contribution in [0, 0.1) is 0 Å². The number of hydrogen-bond donors (Lipinski definition) is 0. The van der Waals surface area contributed by atoms with Gasteiger partial charge in [-0.05, 0) is 17.7 Å². The summed E-state index contributed by atoms with van der Waals surface area (Å²) in [5.41, 5.74) is 1.58. The minimum Gasteiger partial charge on any atom is -0.220 e. The normalized spacial score (nSPS) is 11.7. The second-order valence-corrected chi connectivity index (χ2v) is 8.94. The number of benzene rings is 1. The molecule has 0 aliphatic carbocycles. The van der Waals surface area contributed by atoms with E-state index >= 15 is 0 Å². The van der Waals surface area contributed by atoms with Crippen LogP contribution in [-0.2, 0) is 5.75 Å². The highest BCUT2D eigenvalue weighted by Gasteiger charge is 2.16. The summed E-state index contributed by atoms with van der Waals surface area (Å²) < 4.78 is 1.14. The maximum Gasteiger partial charge on any atom is 0.142 e. The molecule has 0 fully saturated rings. The highest BCUT2D eigenvalue weighted by Crippen LogP contribution is 2.34. The van der Waals surface area contributed by atoms with Crippen molar-refractivity contribution in [1.29, 1.82) is 0 Å². The zero-order chi connectivity index (χ0) is 15.6. The molecule has 2 aromatic rings. The van der Waals surface area contributed by atoms with Crippen molar-refractivity contribution in [3.05, 3.63) is 44.9 Å². The van der Waals surface area contributed by atoms with Gasteiger partial charge >= 0.3 is 0 Å². The summed E-state index contributed by atoms with van der Waals surface area (Å²) in [7, 11) is 0. The van der Waals surface area contributed by atoms with Gasteiger partial charge < -0.3 is 0 Å². The summed E-state index contributed by atoms with van der Waals surface area (Å²) >= 11 is 17.8. The Kier molecular flexibility index (Phi) is 5.58. The van der Waals surface area contributed by atoms with Crippen LogP contribution in [0.5, 0.6) is 0 Å². The van der Waals surface area contributed by atoms with Gasteiger partial charge in [-0.15, -0.1) is 11.8 Å². The van der Waals surface area contributed by atoms with Crippen LogP contribution in [0.1, 0.15) is 26.6 Å². The van der Waals surface area contributed by atoms with Crippen LogP contribution >= 0.6 is 50.9 Å². The van der Waals surface area contributed by atoms with Crippen molar-refractivity contribution in [2.24, 2.45) is 0 Å². The largest absolute Gasteiger partial charge is 0.220 e. The Morgan fingerprint density at radius 2 is 1.57 bits per heavy atom. The van der Waals surface area contributed by atoms with Gasteiger partial charge in [0.05, 0.1) is 11.3 Å². The van der Waals surface area contributed by atoms with Crippen molar-refractivity contribution in [3.63, 3.8) is 0 Å². The number of rotatable bonds is 3. The van der Waals surface area contributed by atoms with Gasteiger partial charge in [0, 0.05) is 9.22 Å². The topological polar surface area (TPSA) is 25.8 Å². The van der Waals surface area contributed by atoms with E-state index < -0.39 is 0 Å². The Balaban J connectivity index is 2.31. The lowest BCUT2D eigenvalue weighted by atomic mass is 10.1. The molecule has 0 N–H and O–H groups in total. The van der Waals surface area contributed by atoms with E-state index in [-0.39, 0.29) is 4.75 Å². The van der Waals surface area contributed by atoms with Crippen molar-refractivity contribution >= 4 is 50.9 Å². The molecule has 2 rings (SSSR count). The van der Waals surface area contributed by atoms with Gasteiger partial charge in [-0.25, -0.2) is 9.97 Å². The van der Waals surface area contributed by atoms with E-state index in [1.165, 1.54) is 0 Å². The number of halogens is 3. The molecule has 0 spiro atoms. The second-order valence-electron chi connectivity index (χ2n) is 5.50. The average Bonchev–Trinajstić information content (AvgIpc) is 2.37. The van der Waals surface area contributed by atoms with E-state index in [0.29, 0.717) is 27.4 Å². The van der Waals surface area contributed by atoms with Crippen LogP contribution in [-0.4, -0.2) is 14.7 Å². The number of thioether (sulfide) groups is 1. The molecule has 0 aliphatic rings. The summed E-state index contributed by atoms with van der Waals surface area (Å²) in [5.74, 6) is 1.34. The SMILES string of the molecule is CC(C)(C)SCc1nc(Cl)c(-c2ccc(Br)cc2)c(Cl)n1. The maximum absolute atomic E-state index is 6.30. The number of aromatic nitrogens is 2. The van der Waals surface area contributed by atoms with Gasteiger partial charge in [-0.2, -0.15) is 0 Å². The van der Waals surface area contributed by atoms with Crippen molar-refractivity contribution in [3.8, 4) is 11.1 Å². The predicted octanol–water partition coefficient (Wildman–Crippen LogP) is 6.24. The molecule has 112 valence electrons. The van der Waals surface area contributed by atoms with Crippen LogP contribution in [0.25, 0.3) is 11.1 Å². The quantitative estimate of drug-likeness (QED) is 0.564. The summed E-state index contributed by atoms with van der Waals surface area (Å²) in [6.07, 6.45) is 0. The highest BCUT2D eigenvalue weighted by molar-refractivity contribution is 9.10. The van der Waals surface area contributed by atoms with E-state index in [4.69, 9.17) is 23.2 Å². The highest BCUT2D eigenvalue weighted by atomic mass is 79.9. The lowest BCUT2D eigenvalue weighted by Crippen LogP contribution is -2.09. The van der Waals surface area contributed by atoms with E-state index in [0.717, 1.165) is 10.0 Å². The Labute approximate surface area is 147 Å². The molecule has 0 unspecified atom stereocenters. The molecule has 0 atom stereocenters. The first-order valence-corrected chi connectivity index (χ1v) is 8.91. The monoisotopic (exact) mass is 404 g/mol. The summed E-state index contributed by atoms with van der Waals surface area (Å²) in [4.78, 5) is 8.75. The molecule has 21 heavy (non-hydrogen) atoms. The molecule has 0 saturated heterocycles. The fraction of sp³-hybridized carbons (Fsp3) is 0.333. The van der Waals surface area contributed by atoms with E-state index in [2.05, 4.69) is 46.7 Å². The van der Waals surface area contributed by atoms with Crippen LogP contribution in [0.3, 0.4) is 0 Å². The lowest BCUT2D eigenvalue weighted by Gasteiger charge is -2.17. The fourth-order valence-corrected chi connectivity index (χ4v) is 3.25. The summed E-state index contributed by atoms with van der Waals surface area (Å²) in [6.45, 7) is 6.45. The summed E-state index contributed by atoms with van der Waals surface area (Å²) in [5, 5.41) is 0.781. The van der Waals surface area contributed by atoms with Crippen molar-refractivity contribution in [1.82, 2.24) is 9.97 Å². The first-order chi connectivity index (χ1) is 9.76. The molecule has 1 aromatic heterocycles. The zero-order valence-corrected chi connectivity index (χ0v) is 15.9. The minimum atomic E-state index is 0.146. The molecule has 2 nitrogen and oxygen atoms in total. The van der Waals surface area contributed by atoms with Crippen molar-refractivity contribution in [2.75, 3.05) is 0 Å². The van der Waals surface area contributed by atoms with E-state index in [1.54, 1.807) is 11.8 Å². The third kappa shape index (κ3) is 4.85. The molecule has 0 radical (unpaired) electrons. The van der Waals surface area contributed by atoms with Crippen LogP contribution < -0.4 is 0 Å². The Morgan fingerprint density at radius 1 is 1.05 bits per heavy atom. The average molecular weight is 406 g/mol. The fourth-order valence-electron chi connectivity index (χ4n) is 1.65. The first kappa shape index (κ1) is 17.1. The predicted molar refractivity (Wildman–Crippen MR) is 96.2 cm³/mol. The molecule has 0 bridgehead atoms. The van der Waals surface area contributed by atoms with Crippen molar-refractivity contribution < 1.29 is 0 Å². The van der Waals surface area contributed by atoms with Crippen LogP contribution in [0.15, 0.2) is 28.7 Å². The molecule has 1 heterocycles. The maximum atomic E-state index is 6.30. The number of nitrogens with zero attached hydrogens (tertiary/aromatic N) is 2. The lowest BCUT2D eigenvalue weighted by molar-refractivity contribution is 0.800. The van der Waals surface area contributed by atoms with E-state index in [9.17, 15) is 0 Å². The van der Waals surface area contributed by atoms with Gasteiger partial charge in [0.25, 0.3) is 0 Å². The van der Waals surface area contributed by atoms with Gasteiger partial charge in [-0.1, -0.05) is 72.0 Å². The number of hydrogen-bond acceptors (Lipinski definition) is 3. The van der Waals surface area contributed by atoms with Gasteiger partial charge in [-0.3, -0.25) is 0 Å².